The molecule has 0 aliphatic rings. The molecule has 1 unspecified atom stereocenters. The highest BCUT2D eigenvalue weighted by Crippen LogP contribution is 2.37. The Kier molecular flexibility index (Phi) is 8.90. The Bertz CT molecular complexity index is 288. The van der Waals surface area contributed by atoms with Crippen molar-refractivity contribution >= 4 is 43.6 Å². The van der Waals surface area contributed by atoms with Crippen molar-refractivity contribution < 1.29 is 9.90 Å². The Morgan fingerprint density at radius 2 is 2.38 bits per heavy atom. The van der Waals surface area contributed by atoms with Crippen LogP contribution in [0, 0.1) is 11.3 Å². The lowest BCUT2D eigenvalue weighted by Crippen LogP contribution is -2.17. The van der Waals surface area contributed by atoms with Crippen LogP contribution < -0.4 is 0 Å². The van der Waals surface area contributed by atoms with E-state index in [9.17, 15) is 4.79 Å². The summed E-state index contributed by atoms with van der Waals surface area (Å²) in [6.07, 6.45) is 1.58. The topological polar surface area (TPSA) is 61.1 Å². The second kappa shape index (κ2) is 8.97. The van der Waals surface area contributed by atoms with E-state index in [1.165, 1.54) is 22.1 Å². The van der Waals surface area contributed by atoms with Gasteiger partial charge in [0.2, 0.25) is 0 Å². The molecule has 92 valence electrons. The lowest BCUT2D eigenvalue weighted by Gasteiger charge is -2.17. The maximum absolute atomic E-state index is 10.4. The monoisotopic (exact) mass is 279 g/mol. The number of aliphatic carboxylic acids is 1. The number of rotatable bonds is 8. The fourth-order valence-corrected chi connectivity index (χ4v) is 4.27. The molecular formula is C10H17NO2S3. The van der Waals surface area contributed by atoms with Gasteiger partial charge in [0.05, 0.1) is 6.07 Å². The average molecular weight is 279 g/mol. The van der Waals surface area contributed by atoms with E-state index in [2.05, 4.69) is 17.7 Å². The van der Waals surface area contributed by atoms with E-state index in [1.807, 2.05) is 0 Å². The molecule has 3 nitrogen and oxygen atoms in total. The van der Waals surface area contributed by atoms with Crippen LogP contribution >= 0.6 is 32.9 Å². The second-order valence-corrected chi connectivity index (χ2v) is 7.42. The SMILES string of the molecule is CCC[SH]=CSSC(C)(C#N)CCC(=O)O. The number of carboxylic acid groups (broad SMARTS) is 1. The normalized spacial score (nSPS) is 15.1. The standard InChI is InChI=1S/C10H17NO2S3/c1-3-6-14-8-15-16-10(2,7-11)5-4-9(12)13/h8,14H,3-6H2,1-2H3,(H,12,13). The van der Waals surface area contributed by atoms with Gasteiger partial charge in [-0.05, 0) is 25.5 Å². The van der Waals surface area contributed by atoms with Gasteiger partial charge in [-0.15, -0.1) is 0 Å². The van der Waals surface area contributed by atoms with E-state index in [0.717, 1.165) is 12.2 Å². The Balaban J connectivity index is 3.97. The first-order valence-electron chi connectivity index (χ1n) is 5.00. The van der Waals surface area contributed by atoms with E-state index in [0.29, 0.717) is 6.42 Å². The van der Waals surface area contributed by atoms with Gasteiger partial charge >= 0.3 is 5.97 Å². The summed E-state index contributed by atoms with van der Waals surface area (Å²) in [5.41, 5.74) is 0. The first-order valence-corrected chi connectivity index (χ1v) is 8.36. The van der Waals surface area contributed by atoms with Crippen LogP contribution in [0.15, 0.2) is 0 Å². The molecule has 0 heterocycles. The Morgan fingerprint density at radius 1 is 1.69 bits per heavy atom. The van der Waals surface area contributed by atoms with Gasteiger partial charge in [0.15, 0.2) is 0 Å². The molecule has 0 saturated carbocycles. The van der Waals surface area contributed by atoms with Crippen LogP contribution in [0.1, 0.15) is 33.1 Å². The van der Waals surface area contributed by atoms with E-state index >= 15 is 0 Å². The lowest BCUT2D eigenvalue weighted by atomic mass is 10.1. The molecule has 0 saturated heterocycles. The van der Waals surface area contributed by atoms with Crippen LogP contribution in [0.2, 0.25) is 0 Å². The number of hydrogen-bond donors (Lipinski definition) is 2. The van der Waals surface area contributed by atoms with Crippen molar-refractivity contribution in [2.24, 2.45) is 0 Å². The molecule has 0 aliphatic heterocycles. The third-order valence-electron chi connectivity index (χ3n) is 1.75. The zero-order chi connectivity index (χ0) is 12.4. The lowest BCUT2D eigenvalue weighted by molar-refractivity contribution is -0.137. The largest absolute Gasteiger partial charge is 0.481 e. The van der Waals surface area contributed by atoms with Crippen molar-refractivity contribution in [1.29, 1.82) is 5.26 Å². The summed E-state index contributed by atoms with van der Waals surface area (Å²) in [6, 6.07) is 2.18. The molecule has 0 radical (unpaired) electrons. The number of nitriles is 1. The molecule has 0 rings (SSSR count). The second-order valence-electron chi connectivity index (χ2n) is 3.43. The van der Waals surface area contributed by atoms with Crippen LogP contribution in [-0.4, -0.2) is 26.3 Å². The predicted molar refractivity (Wildman–Crippen MR) is 76.3 cm³/mol. The molecule has 6 heteroatoms. The predicted octanol–water partition coefficient (Wildman–Crippen LogP) is 3.15. The van der Waals surface area contributed by atoms with Crippen LogP contribution in [0.4, 0.5) is 0 Å². The molecule has 0 spiro atoms. The summed E-state index contributed by atoms with van der Waals surface area (Å²) in [5.74, 6) is 0.284. The van der Waals surface area contributed by atoms with Gasteiger partial charge in [0.25, 0.3) is 0 Å². The Morgan fingerprint density at radius 3 is 2.88 bits per heavy atom. The summed E-state index contributed by atoms with van der Waals surface area (Å²) in [7, 11) is 2.99. The minimum Gasteiger partial charge on any atom is -0.481 e. The molecule has 1 atom stereocenters. The molecule has 0 aromatic heterocycles. The first-order chi connectivity index (χ1) is 7.54. The minimum absolute atomic E-state index is 0.0459. The van der Waals surface area contributed by atoms with Gasteiger partial charge in [0, 0.05) is 11.1 Å². The summed E-state index contributed by atoms with van der Waals surface area (Å²) < 4.78 is 1.45. The first kappa shape index (κ1) is 15.9. The number of carboxylic acids is 1. The summed E-state index contributed by atoms with van der Waals surface area (Å²) in [6.45, 7) is 3.92. The van der Waals surface area contributed by atoms with Gasteiger partial charge < -0.3 is 5.11 Å². The molecule has 1 N–H and O–H groups in total. The fraction of sp³-hybridized carbons (Fsp3) is 0.700. The van der Waals surface area contributed by atoms with Crippen molar-refractivity contribution in [3.63, 3.8) is 0 Å². The molecular weight excluding hydrogens is 262 g/mol. The third-order valence-corrected chi connectivity index (χ3v) is 6.33. The van der Waals surface area contributed by atoms with Crippen molar-refractivity contribution in [3.05, 3.63) is 0 Å². The molecule has 16 heavy (non-hydrogen) atoms. The highest BCUT2D eigenvalue weighted by atomic mass is 33.1. The third kappa shape index (κ3) is 8.08. The smallest absolute Gasteiger partial charge is 0.303 e. The van der Waals surface area contributed by atoms with E-state index in [1.54, 1.807) is 17.7 Å². The number of nitrogens with zero attached hydrogens (tertiary/aromatic N) is 1. The minimum atomic E-state index is -0.847. The number of thiol groups is 1. The maximum Gasteiger partial charge on any atom is 0.303 e. The van der Waals surface area contributed by atoms with Gasteiger partial charge in [-0.25, -0.2) is 0 Å². The van der Waals surface area contributed by atoms with Crippen LogP contribution in [0.25, 0.3) is 0 Å². The molecule has 0 aromatic rings. The van der Waals surface area contributed by atoms with Crippen LogP contribution in [0.3, 0.4) is 0 Å². The number of hydrogen-bond acceptors (Lipinski definition) is 4. The highest BCUT2D eigenvalue weighted by molar-refractivity contribution is 8.83. The van der Waals surface area contributed by atoms with E-state index < -0.39 is 10.7 Å². The summed E-state index contributed by atoms with van der Waals surface area (Å²) in [5, 5.41) is 17.6. The maximum atomic E-state index is 10.4. The van der Waals surface area contributed by atoms with E-state index in [-0.39, 0.29) is 6.42 Å². The zero-order valence-corrected chi connectivity index (χ0v) is 12.0. The zero-order valence-electron chi connectivity index (χ0n) is 9.47. The average Bonchev–Trinajstić information content (AvgIpc) is 2.26. The summed E-state index contributed by atoms with van der Waals surface area (Å²) in [4.78, 5) is 10.4. The molecule has 0 amide bonds. The Labute approximate surface area is 108 Å². The molecule has 0 bridgehead atoms. The molecule has 0 aromatic carbocycles. The highest BCUT2D eigenvalue weighted by Gasteiger charge is 2.25. The fourth-order valence-electron chi connectivity index (χ4n) is 0.802. The Hall–Kier alpha value is -0.120. The summed E-state index contributed by atoms with van der Waals surface area (Å²) >= 11 is 1.26. The quantitative estimate of drug-likeness (QED) is 0.406. The van der Waals surface area contributed by atoms with Crippen molar-refractivity contribution in [2.75, 3.05) is 5.75 Å². The van der Waals surface area contributed by atoms with Crippen LogP contribution in [-0.2, 0) is 4.79 Å². The van der Waals surface area contributed by atoms with Gasteiger partial charge in [-0.2, -0.15) is 16.6 Å². The van der Waals surface area contributed by atoms with Gasteiger partial charge in [0.1, 0.15) is 4.75 Å². The molecule has 0 aliphatic carbocycles. The van der Waals surface area contributed by atoms with Gasteiger partial charge in [-0.3, -0.25) is 4.79 Å². The number of carbonyl (C=O) groups is 1. The van der Waals surface area contributed by atoms with Gasteiger partial charge in [-0.1, -0.05) is 28.5 Å². The van der Waals surface area contributed by atoms with Crippen molar-refractivity contribution in [1.82, 2.24) is 0 Å². The van der Waals surface area contributed by atoms with Crippen molar-refractivity contribution in [3.8, 4) is 6.07 Å². The van der Waals surface area contributed by atoms with Crippen molar-refractivity contribution in [2.45, 2.75) is 37.9 Å². The van der Waals surface area contributed by atoms with Crippen LogP contribution in [0.5, 0.6) is 0 Å². The van der Waals surface area contributed by atoms with E-state index in [4.69, 9.17) is 10.4 Å². The molecule has 0 fully saturated rings.